The summed E-state index contributed by atoms with van der Waals surface area (Å²) in [6.45, 7) is -0.480. The van der Waals surface area contributed by atoms with Gasteiger partial charge < -0.3 is 10.1 Å². The van der Waals surface area contributed by atoms with Crippen LogP contribution in [-0.4, -0.2) is 30.3 Å². The van der Waals surface area contributed by atoms with Gasteiger partial charge in [0.05, 0.1) is 23.1 Å². The minimum Gasteiger partial charge on any atom is -0.452 e. The number of esters is 1. The topological polar surface area (TPSA) is 92.8 Å². The fourth-order valence-electron chi connectivity index (χ4n) is 4.87. The number of amides is 3. The molecule has 1 saturated heterocycles. The summed E-state index contributed by atoms with van der Waals surface area (Å²) >= 11 is 5.81. The third-order valence-electron chi connectivity index (χ3n) is 6.27. The zero-order valence-electron chi connectivity index (χ0n) is 16.9. The number of benzene rings is 2. The van der Waals surface area contributed by atoms with Crippen LogP contribution in [0, 0.1) is 23.7 Å². The number of ether oxygens (including phenoxy) is 1. The molecule has 2 aliphatic carbocycles. The van der Waals surface area contributed by atoms with Gasteiger partial charge in [-0.05, 0) is 60.7 Å². The fourth-order valence-corrected chi connectivity index (χ4v) is 5.00. The molecular formula is C24H19ClN2O5. The molecule has 32 heavy (non-hydrogen) atoms. The molecule has 0 aromatic heterocycles. The van der Waals surface area contributed by atoms with E-state index in [1.54, 1.807) is 36.4 Å². The van der Waals surface area contributed by atoms with E-state index in [9.17, 15) is 19.2 Å². The number of nitrogens with one attached hydrogen (secondary N) is 1. The molecule has 3 amide bonds. The summed E-state index contributed by atoms with van der Waals surface area (Å²) in [6.07, 6.45) is 4.91. The molecule has 1 aliphatic heterocycles. The maximum Gasteiger partial charge on any atom is 0.338 e. The van der Waals surface area contributed by atoms with Crippen molar-refractivity contribution in [2.45, 2.75) is 6.42 Å². The van der Waals surface area contributed by atoms with Crippen LogP contribution >= 0.6 is 11.6 Å². The molecule has 0 radical (unpaired) electrons. The number of carbonyl (C=O) groups excluding carboxylic acids is 4. The average molecular weight is 451 g/mol. The van der Waals surface area contributed by atoms with E-state index < -0.39 is 18.5 Å². The van der Waals surface area contributed by atoms with Crippen LogP contribution in [0.5, 0.6) is 0 Å². The molecule has 8 heteroatoms. The van der Waals surface area contributed by atoms with E-state index in [2.05, 4.69) is 5.32 Å². The highest BCUT2D eigenvalue weighted by Crippen LogP contribution is 2.53. The van der Waals surface area contributed by atoms with Gasteiger partial charge in [0, 0.05) is 10.7 Å². The van der Waals surface area contributed by atoms with E-state index in [0.29, 0.717) is 16.4 Å². The van der Waals surface area contributed by atoms with Crippen molar-refractivity contribution < 1.29 is 23.9 Å². The summed E-state index contributed by atoms with van der Waals surface area (Å²) in [7, 11) is 0. The number of hydrogen-bond acceptors (Lipinski definition) is 5. The Kier molecular flexibility index (Phi) is 5.06. The van der Waals surface area contributed by atoms with Crippen molar-refractivity contribution in [3.05, 3.63) is 71.3 Å². The average Bonchev–Trinajstić information content (AvgIpc) is 3.47. The van der Waals surface area contributed by atoms with Gasteiger partial charge in [0.1, 0.15) is 0 Å². The lowest BCUT2D eigenvalue weighted by Gasteiger charge is -2.18. The molecule has 1 N–H and O–H groups in total. The second-order valence-corrected chi connectivity index (χ2v) is 8.63. The van der Waals surface area contributed by atoms with E-state index in [1.807, 2.05) is 12.2 Å². The van der Waals surface area contributed by atoms with Crippen LogP contribution in [0.3, 0.4) is 0 Å². The molecule has 2 fully saturated rings. The highest BCUT2D eigenvalue weighted by molar-refractivity contribution is 6.30. The molecule has 5 rings (SSSR count). The minimum absolute atomic E-state index is 0.110. The Labute approximate surface area is 189 Å². The van der Waals surface area contributed by atoms with Crippen LogP contribution in [0.2, 0.25) is 5.02 Å². The third kappa shape index (κ3) is 3.48. The number of anilines is 2. The summed E-state index contributed by atoms with van der Waals surface area (Å²) in [4.78, 5) is 51.6. The van der Waals surface area contributed by atoms with Crippen molar-refractivity contribution in [3.8, 4) is 0 Å². The van der Waals surface area contributed by atoms with Crippen LogP contribution < -0.4 is 10.2 Å². The van der Waals surface area contributed by atoms with Crippen molar-refractivity contribution in [1.82, 2.24) is 0 Å². The number of fused-ring (bicyclic) bond motifs is 5. The van der Waals surface area contributed by atoms with Gasteiger partial charge in [-0.1, -0.05) is 29.8 Å². The second-order valence-electron chi connectivity index (χ2n) is 8.19. The van der Waals surface area contributed by atoms with Crippen molar-refractivity contribution in [2.24, 2.45) is 23.7 Å². The second kappa shape index (κ2) is 7.91. The molecule has 4 atom stereocenters. The predicted molar refractivity (Wildman–Crippen MR) is 117 cm³/mol. The number of nitrogens with zero attached hydrogens (tertiary/aromatic N) is 1. The molecule has 2 aromatic carbocycles. The first kappa shape index (κ1) is 20.5. The molecule has 1 heterocycles. The van der Waals surface area contributed by atoms with Crippen molar-refractivity contribution >= 4 is 46.7 Å². The van der Waals surface area contributed by atoms with Gasteiger partial charge in [-0.3, -0.25) is 14.4 Å². The van der Waals surface area contributed by atoms with Gasteiger partial charge in [-0.25, -0.2) is 9.69 Å². The first-order chi connectivity index (χ1) is 15.4. The Morgan fingerprint density at radius 1 is 1.00 bits per heavy atom. The summed E-state index contributed by atoms with van der Waals surface area (Å²) in [6, 6.07) is 12.7. The zero-order chi connectivity index (χ0) is 22.4. The van der Waals surface area contributed by atoms with Gasteiger partial charge in [0.25, 0.3) is 5.91 Å². The van der Waals surface area contributed by atoms with Crippen LogP contribution in [0.15, 0.2) is 60.7 Å². The summed E-state index contributed by atoms with van der Waals surface area (Å²) in [5.41, 5.74) is 1.02. The lowest BCUT2D eigenvalue weighted by molar-refractivity contribution is -0.123. The number of carbonyl (C=O) groups is 4. The molecule has 0 spiro atoms. The first-order valence-electron chi connectivity index (χ1n) is 10.3. The molecular weight excluding hydrogens is 432 g/mol. The van der Waals surface area contributed by atoms with Crippen LogP contribution in [0.25, 0.3) is 0 Å². The van der Waals surface area contributed by atoms with Gasteiger partial charge >= 0.3 is 5.97 Å². The molecule has 0 unspecified atom stereocenters. The largest absolute Gasteiger partial charge is 0.452 e. The molecule has 7 nitrogen and oxygen atoms in total. The highest BCUT2D eigenvalue weighted by atomic mass is 35.5. The van der Waals surface area contributed by atoms with Crippen LogP contribution in [-0.2, 0) is 19.1 Å². The minimum atomic E-state index is -0.723. The Balaban J connectivity index is 1.25. The lowest BCUT2D eigenvalue weighted by atomic mass is 9.85. The first-order valence-corrected chi connectivity index (χ1v) is 10.7. The fraction of sp³-hybridized carbons (Fsp3) is 0.250. The van der Waals surface area contributed by atoms with E-state index in [-0.39, 0.29) is 41.0 Å². The Morgan fingerprint density at radius 3 is 2.31 bits per heavy atom. The van der Waals surface area contributed by atoms with Gasteiger partial charge in [0.2, 0.25) is 11.8 Å². The van der Waals surface area contributed by atoms with Gasteiger partial charge in [0.15, 0.2) is 6.61 Å². The summed E-state index contributed by atoms with van der Waals surface area (Å²) in [5, 5.41) is 3.14. The Hall–Kier alpha value is -3.45. The highest BCUT2D eigenvalue weighted by Gasteiger charge is 2.59. The summed E-state index contributed by atoms with van der Waals surface area (Å²) < 4.78 is 5.10. The van der Waals surface area contributed by atoms with E-state index >= 15 is 0 Å². The van der Waals surface area contributed by atoms with Crippen LogP contribution in [0.4, 0.5) is 11.4 Å². The normalized spacial score (nSPS) is 25.2. The SMILES string of the molecule is O=C(COC(=O)c1cccc(N2C(=O)[C@H]3[C@H](C2=O)[C@H]2C=C[C@H]3C2)c1)Nc1ccc(Cl)cc1. The third-order valence-corrected chi connectivity index (χ3v) is 6.52. The number of halogens is 1. The number of imide groups is 1. The summed E-state index contributed by atoms with van der Waals surface area (Å²) in [5.74, 6) is -2.07. The quantitative estimate of drug-likeness (QED) is 0.428. The van der Waals surface area contributed by atoms with Crippen molar-refractivity contribution in [2.75, 3.05) is 16.8 Å². The maximum atomic E-state index is 13.0. The number of hydrogen-bond donors (Lipinski definition) is 1. The molecule has 162 valence electrons. The van der Waals surface area contributed by atoms with Crippen molar-refractivity contribution in [1.29, 1.82) is 0 Å². The monoisotopic (exact) mass is 450 g/mol. The molecule has 2 bridgehead atoms. The van der Waals surface area contributed by atoms with Crippen molar-refractivity contribution in [3.63, 3.8) is 0 Å². The zero-order valence-corrected chi connectivity index (χ0v) is 17.6. The van der Waals surface area contributed by atoms with E-state index in [1.165, 1.54) is 17.0 Å². The number of rotatable bonds is 5. The molecule has 3 aliphatic rings. The smallest absolute Gasteiger partial charge is 0.338 e. The lowest BCUT2D eigenvalue weighted by Crippen LogP contribution is -2.33. The van der Waals surface area contributed by atoms with Gasteiger partial charge in [-0.15, -0.1) is 0 Å². The number of allylic oxidation sites excluding steroid dienone is 2. The molecule has 2 aromatic rings. The Morgan fingerprint density at radius 2 is 1.66 bits per heavy atom. The molecule has 1 saturated carbocycles. The maximum absolute atomic E-state index is 13.0. The Bertz CT molecular complexity index is 1130. The predicted octanol–water partition coefficient (Wildman–Crippen LogP) is 3.45. The van der Waals surface area contributed by atoms with Crippen LogP contribution in [0.1, 0.15) is 16.8 Å². The van der Waals surface area contributed by atoms with E-state index in [4.69, 9.17) is 16.3 Å². The van der Waals surface area contributed by atoms with E-state index in [0.717, 1.165) is 6.42 Å². The standard InChI is InChI=1S/C24H19ClN2O5/c25-16-6-8-17(9-7-16)26-19(28)12-32-24(31)15-2-1-3-18(11-15)27-22(29)20-13-4-5-14(10-13)21(20)23(27)30/h1-9,11,13-14,20-21H,10,12H2,(H,26,28)/t13-,14-,20+,21+/m0/s1. The van der Waals surface area contributed by atoms with Gasteiger partial charge in [-0.2, -0.15) is 0 Å².